The molecule has 3 aromatic rings. The summed E-state index contributed by atoms with van der Waals surface area (Å²) in [5.41, 5.74) is 1.92. The number of fused-ring (bicyclic) bond motifs is 1. The largest absolute Gasteiger partial charge is 0.444 e. The van der Waals surface area contributed by atoms with Crippen molar-refractivity contribution >= 4 is 16.7 Å². The van der Waals surface area contributed by atoms with E-state index in [0.717, 1.165) is 46.7 Å². The first-order chi connectivity index (χ1) is 11.7. The van der Waals surface area contributed by atoms with Crippen LogP contribution in [-0.4, -0.2) is 22.0 Å². The topological polar surface area (TPSA) is 63.8 Å². The highest BCUT2D eigenvalue weighted by molar-refractivity contribution is 5.92. The van der Waals surface area contributed by atoms with Crippen LogP contribution in [0, 0.1) is 5.92 Å². The van der Waals surface area contributed by atoms with Crippen LogP contribution in [0.25, 0.3) is 22.2 Å². The molecule has 0 saturated carbocycles. The van der Waals surface area contributed by atoms with Gasteiger partial charge in [0, 0.05) is 24.4 Å². The van der Waals surface area contributed by atoms with Crippen molar-refractivity contribution in [3.63, 3.8) is 0 Å². The number of nitrogens with zero attached hydrogens (tertiary/aromatic N) is 3. The molecule has 128 valence electrons. The second-order valence-electron chi connectivity index (χ2n) is 5.77. The Morgan fingerprint density at radius 3 is 2.58 bits per heavy atom. The molecule has 2 heterocycles. The molecule has 5 nitrogen and oxygen atoms in total. The van der Waals surface area contributed by atoms with E-state index < -0.39 is 0 Å². The standard InChI is InChI=1S/C17H20N4O.C2H6/c1-11(2)4-7-16-20-14-6-5-12(15-9-19-10-22-15)8-13(14)17(18-3)21-16;1-2/h5-6,8-11H,4,7H2,1-3H3,(H,18,20,21);1-2H3. The summed E-state index contributed by atoms with van der Waals surface area (Å²) in [5, 5.41) is 4.16. The van der Waals surface area contributed by atoms with Crippen LogP contribution in [0.5, 0.6) is 0 Å². The first-order valence-corrected chi connectivity index (χ1v) is 8.54. The third-order valence-electron chi connectivity index (χ3n) is 3.64. The van der Waals surface area contributed by atoms with E-state index in [1.807, 2.05) is 39.1 Å². The average molecular weight is 326 g/mol. The van der Waals surface area contributed by atoms with Crippen LogP contribution in [0.15, 0.2) is 35.2 Å². The fourth-order valence-electron chi connectivity index (χ4n) is 2.41. The van der Waals surface area contributed by atoms with Gasteiger partial charge in [0.05, 0.1) is 11.7 Å². The van der Waals surface area contributed by atoms with Gasteiger partial charge in [0.1, 0.15) is 11.6 Å². The highest BCUT2D eigenvalue weighted by Gasteiger charge is 2.10. The Kier molecular flexibility index (Phi) is 6.29. The quantitative estimate of drug-likeness (QED) is 0.719. The van der Waals surface area contributed by atoms with Gasteiger partial charge in [-0.25, -0.2) is 15.0 Å². The van der Waals surface area contributed by atoms with E-state index in [1.165, 1.54) is 6.39 Å². The summed E-state index contributed by atoms with van der Waals surface area (Å²) in [6, 6.07) is 6.05. The number of rotatable bonds is 5. The smallest absolute Gasteiger partial charge is 0.181 e. The SMILES string of the molecule is CC.CNc1nc(CCC(C)C)nc2ccc(-c3cnco3)cc12. The molecule has 0 spiro atoms. The van der Waals surface area contributed by atoms with Crippen molar-refractivity contribution in [1.29, 1.82) is 0 Å². The molecule has 0 bridgehead atoms. The van der Waals surface area contributed by atoms with Crippen LogP contribution in [0.3, 0.4) is 0 Å². The molecule has 5 heteroatoms. The van der Waals surface area contributed by atoms with Crippen molar-refractivity contribution in [1.82, 2.24) is 15.0 Å². The van der Waals surface area contributed by atoms with Gasteiger partial charge in [0.15, 0.2) is 12.2 Å². The van der Waals surface area contributed by atoms with Crippen LogP contribution in [0.4, 0.5) is 5.82 Å². The number of aromatic nitrogens is 3. The minimum atomic E-state index is 0.645. The lowest BCUT2D eigenvalue weighted by molar-refractivity contribution is 0.572. The number of oxazole rings is 1. The van der Waals surface area contributed by atoms with E-state index in [9.17, 15) is 0 Å². The molecule has 0 radical (unpaired) electrons. The van der Waals surface area contributed by atoms with Crippen molar-refractivity contribution in [3.05, 3.63) is 36.6 Å². The molecule has 0 aliphatic carbocycles. The van der Waals surface area contributed by atoms with Crippen molar-refractivity contribution < 1.29 is 4.42 Å². The molecule has 0 atom stereocenters. The lowest BCUT2D eigenvalue weighted by atomic mass is 10.1. The lowest BCUT2D eigenvalue weighted by Crippen LogP contribution is -2.03. The van der Waals surface area contributed by atoms with E-state index in [0.29, 0.717) is 5.92 Å². The summed E-state index contributed by atoms with van der Waals surface area (Å²) in [4.78, 5) is 13.3. The number of benzene rings is 1. The van der Waals surface area contributed by atoms with Crippen LogP contribution in [0.2, 0.25) is 0 Å². The molecule has 0 unspecified atom stereocenters. The summed E-state index contributed by atoms with van der Waals surface area (Å²) in [7, 11) is 1.88. The molecular weight excluding hydrogens is 300 g/mol. The van der Waals surface area contributed by atoms with Crippen molar-refractivity contribution in [2.45, 2.75) is 40.5 Å². The van der Waals surface area contributed by atoms with Gasteiger partial charge in [-0.15, -0.1) is 0 Å². The van der Waals surface area contributed by atoms with Crippen molar-refractivity contribution in [2.75, 3.05) is 12.4 Å². The highest BCUT2D eigenvalue weighted by atomic mass is 16.3. The van der Waals surface area contributed by atoms with Crippen LogP contribution < -0.4 is 5.32 Å². The second-order valence-corrected chi connectivity index (χ2v) is 5.77. The maximum absolute atomic E-state index is 5.36. The molecule has 1 aromatic carbocycles. The van der Waals surface area contributed by atoms with Gasteiger partial charge in [-0.05, 0) is 30.5 Å². The Morgan fingerprint density at radius 1 is 1.17 bits per heavy atom. The van der Waals surface area contributed by atoms with Gasteiger partial charge in [-0.2, -0.15) is 0 Å². The summed E-state index contributed by atoms with van der Waals surface area (Å²) < 4.78 is 5.36. The van der Waals surface area contributed by atoms with Crippen LogP contribution in [-0.2, 0) is 6.42 Å². The van der Waals surface area contributed by atoms with Gasteiger partial charge < -0.3 is 9.73 Å². The summed E-state index contributed by atoms with van der Waals surface area (Å²) >= 11 is 0. The Bertz CT molecular complexity index is 766. The highest BCUT2D eigenvalue weighted by Crippen LogP contribution is 2.27. The maximum Gasteiger partial charge on any atom is 0.181 e. The van der Waals surface area contributed by atoms with E-state index in [-0.39, 0.29) is 0 Å². The first-order valence-electron chi connectivity index (χ1n) is 8.54. The maximum atomic E-state index is 5.36. The molecule has 0 aliphatic rings. The van der Waals surface area contributed by atoms with E-state index >= 15 is 0 Å². The second kappa shape index (κ2) is 8.43. The normalized spacial score (nSPS) is 10.6. The molecule has 24 heavy (non-hydrogen) atoms. The summed E-state index contributed by atoms with van der Waals surface area (Å²) in [6.45, 7) is 8.42. The zero-order chi connectivity index (χ0) is 17.5. The van der Waals surface area contributed by atoms with Crippen LogP contribution >= 0.6 is 0 Å². The Balaban J connectivity index is 0.00000100. The Hall–Kier alpha value is -2.43. The van der Waals surface area contributed by atoms with E-state index in [1.54, 1.807) is 6.20 Å². The minimum absolute atomic E-state index is 0.645. The van der Waals surface area contributed by atoms with Gasteiger partial charge in [0.2, 0.25) is 0 Å². The van der Waals surface area contributed by atoms with Crippen molar-refractivity contribution in [2.24, 2.45) is 5.92 Å². The van der Waals surface area contributed by atoms with E-state index in [2.05, 4.69) is 34.1 Å². The lowest BCUT2D eigenvalue weighted by Gasteiger charge is -2.10. The zero-order valence-corrected chi connectivity index (χ0v) is 15.1. The third-order valence-corrected chi connectivity index (χ3v) is 3.64. The predicted molar refractivity (Wildman–Crippen MR) is 99.1 cm³/mol. The van der Waals surface area contributed by atoms with E-state index in [4.69, 9.17) is 4.42 Å². The third kappa shape index (κ3) is 4.10. The van der Waals surface area contributed by atoms with Crippen LogP contribution in [0.1, 0.15) is 39.9 Å². The number of nitrogens with one attached hydrogen (secondary N) is 1. The number of hydrogen-bond donors (Lipinski definition) is 1. The molecule has 3 rings (SSSR count). The average Bonchev–Trinajstić information content (AvgIpc) is 3.15. The number of anilines is 1. The molecular formula is C19H26N4O. The summed E-state index contributed by atoms with van der Waals surface area (Å²) in [5.74, 6) is 3.13. The molecule has 2 aromatic heterocycles. The van der Waals surface area contributed by atoms with Gasteiger partial charge >= 0.3 is 0 Å². The number of hydrogen-bond acceptors (Lipinski definition) is 5. The molecule has 0 saturated heterocycles. The molecule has 1 N–H and O–H groups in total. The summed E-state index contributed by atoms with van der Waals surface area (Å²) in [6.07, 6.45) is 5.12. The minimum Gasteiger partial charge on any atom is -0.444 e. The Morgan fingerprint density at radius 2 is 1.96 bits per heavy atom. The van der Waals surface area contributed by atoms with Gasteiger partial charge in [-0.1, -0.05) is 27.7 Å². The first kappa shape index (κ1) is 17.9. The Labute approximate surface area is 143 Å². The van der Waals surface area contributed by atoms with Gasteiger partial charge in [-0.3, -0.25) is 0 Å². The molecule has 0 aliphatic heterocycles. The van der Waals surface area contributed by atoms with Gasteiger partial charge in [0.25, 0.3) is 0 Å². The fourth-order valence-corrected chi connectivity index (χ4v) is 2.41. The molecule has 0 amide bonds. The van der Waals surface area contributed by atoms with Crippen molar-refractivity contribution in [3.8, 4) is 11.3 Å². The number of aryl methyl sites for hydroxylation is 1. The fraction of sp³-hybridized carbons (Fsp3) is 0.421. The monoisotopic (exact) mass is 326 g/mol. The predicted octanol–water partition coefficient (Wildman–Crippen LogP) is 4.94. The zero-order valence-electron chi connectivity index (χ0n) is 15.1. The molecule has 0 fully saturated rings.